The highest BCUT2D eigenvalue weighted by Gasteiger charge is 2.21. The predicted molar refractivity (Wildman–Crippen MR) is 77.5 cm³/mol. The molecule has 0 spiro atoms. The van der Waals surface area contributed by atoms with E-state index < -0.39 is 0 Å². The van der Waals surface area contributed by atoms with Crippen LogP contribution in [-0.2, 0) is 4.79 Å². The van der Waals surface area contributed by atoms with Crippen LogP contribution in [0.4, 0.5) is 0 Å². The third-order valence-corrected chi connectivity index (χ3v) is 3.48. The highest BCUT2D eigenvalue weighted by molar-refractivity contribution is 6.35. The van der Waals surface area contributed by atoms with E-state index in [1.54, 1.807) is 6.07 Å². The fraction of sp³-hybridized carbons (Fsp3) is 0.385. The van der Waals surface area contributed by atoms with Crippen molar-refractivity contribution in [1.29, 1.82) is 0 Å². The lowest BCUT2D eigenvalue weighted by molar-refractivity contribution is -0.118. The van der Waals surface area contributed by atoms with Crippen LogP contribution in [0.25, 0.3) is 11.0 Å². The number of halogens is 2. The summed E-state index contributed by atoms with van der Waals surface area (Å²) >= 11 is 12.4. The Hall–Kier alpha value is -1.26. The van der Waals surface area contributed by atoms with Gasteiger partial charge in [-0.15, -0.1) is 11.6 Å². The second kappa shape index (κ2) is 5.39. The Kier molecular flexibility index (Phi) is 4.02. The minimum absolute atomic E-state index is 0.140. The zero-order valence-corrected chi connectivity index (χ0v) is 12.2. The number of rotatable bonds is 4. The van der Waals surface area contributed by atoms with Crippen LogP contribution < -0.4 is 5.73 Å². The second-order valence-electron chi connectivity index (χ2n) is 4.58. The number of amides is 1. The molecular weight excluding hydrogens is 285 g/mol. The van der Waals surface area contributed by atoms with Crippen molar-refractivity contribution >= 4 is 40.1 Å². The van der Waals surface area contributed by atoms with Gasteiger partial charge in [-0.25, -0.2) is 4.98 Å². The topological polar surface area (TPSA) is 60.9 Å². The molecule has 0 fully saturated rings. The molecule has 102 valence electrons. The Balaban J connectivity index is 2.67. The summed E-state index contributed by atoms with van der Waals surface area (Å²) in [5.41, 5.74) is 6.83. The number of fused-ring (bicyclic) bond motifs is 1. The maximum absolute atomic E-state index is 11.1. The molecule has 0 saturated carbocycles. The Labute approximate surface area is 121 Å². The molecule has 0 aliphatic heterocycles. The van der Waals surface area contributed by atoms with E-state index in [4.69, 9.17) is 28.9 Å². The lowest BCUT2D eigenvalue weighted by Crippen LogP contribution is -2.19. The molecule has 2 aromatic rings. The number of primary amides is 1. The number of carbonyl (C=O) groups excluding carboxylic acids is 1. The SMILES string of the molecule is CC(Cl)c1nc2cccc(Cl)c2n1C(C)CC(N)=O. The highest BCUT2D eigenvalue weighted by Crippen LogP contribution is 2.32. The van der Waals surface area contributed by atoms with Gasteiger partial charge in [-0.3, -0.25) is 4.79 Å². The van der Waals surface area contributed by atoms with E-state index in [-0.39, 0.29) is 23.7 Å². The molecule has 0 radical (unpaired) electrons. The summed E-state index contributed by atoms with van der Waals surface area (Å²) in [4.78, 5) is 15.6. The first-order valence-corrected chi connectivity index (χ1v) is 6.82. The number of nitrogens with zero attached hydrogens (tertiary/aromatic N) is 2. The number of benzene rings is 1. The summed E-state index contributed by atoms with van der Waals surface area (Å²) in [6, 6.07) is 5.36. The van der Waals surface area contributed by atoms with Crippen molar-refractivity contribution in [2.45, 2.75) is 31.7 Å². The van der Waals surface area contributed by atoms with Crippen molar-refractivity contribution in [3.63, 3.8) is 0 Å². The summed E-state index contributed by atoms with van der Waals surface area (Å²) in [5.74, 6) is 0.327. The van der Waals surface area contributed by atoms with Gasteiger partial charge in [-0.2, -0.15) is 0 Å². The number of alkyl halides is 1. The lowest BCUT2D eigenvalue weighted by atomic mass is 10.2. The van der Waals surface area contributed by atoms with Gasteiger partial charge in [0, 0.05) is 12.5 Å². The van der Waals surface area contributed by atoms with Crippen LogP contribution in [0.5, 0.6) is 0 Å². The fourth-order valence-electron chi connectivity index (χ4n) is 2.23. The molecule has 19 heavy (non-hydrogen) atoms. The zero-order chi connectivity index (χ0) is 14.2. The molecule has 2 N–H and O–H groups in total. The molecule has 2 rings (SSSR count). The largest absolute Gasteiger partial charge is 0.370 e. The first-order valence-electron chi connectivity index (χ1n) is 6.00. The number of para-hydroxylation sites is 1. The van der Waals surface area contributed by atoms with Crippen LogP contribution in [0.15, 0.2) is 18.2 Å². The van der Waals surface area contributed by atoms with Crippen LogP contribution in [0, 0.1) is 0 Å². The van der Waals surface area contributed by atoms with E-state index in [0.717, 1.165) is 11.0 Å². The maximum atomic E-state index is 11.1. The first-order chi connectivity index (χ1) is 8.91. The quantitative estimate of drug-likeness (QED) is 0.879. The lowest BCUT2D eigenvalue weighted by Gasteiger charge is -2.17. The van der Waals surface area contributed by atoms with Crippen LogP contribution in [-0.4, -0.2) is 15.5 Å². The van der Waals surface area contributed by atoms with E-state index >= 15 is 0 Å². The van der Waals surface area contributed by atoms with E-state index in [1.165, 1.54) is 0 Å². The van der Waals surface area contributed by atoms with E-state index in [9.17, 15) is 4.79 Å². The Bertz CT molecular complexity index is 622. The third kappa shape index (κ3) is 2.69. The van der Waals surface area contributed by atoms with Gasteiger partial charge in [0.05, 0.1) is 21.4 Å². The minimum Gasteiger partial charge on any atom is -0.370 e. The number of carbonyl (C=O) groups is 1. The van der Waals surface area contributed by atoms with Crippen molar-refractivity contribution in [2.75, 3.05) is 0 Å². The van der Waals surface area contributed by atoms with Gasteiger partial charge in [0.15, 0.2) is 0 Å². The van der Waals surface area contributed by atoms with Crippen LogP contribution in [0.1, 0.15) is 37.5 Å². The van der Waals surface area contributed by atoms with E-state index in [0.29, 0.717) is 10.8 Å². The molecule has 2 unspecified atom stereocenters. The second-order valence-corrected chi connectivity index (χ2v) is 5.64. The van der Waals surface area contributed by atoms with Crippen LogP contribution in [0.3, 0.4) is 0 Å². The van der Waals surface area contributed by atoms with Crippen molar-refractivity contribution in [3.8, 4) is 0 Å². The van der Waals surface area contributed by atoms with Crippen molar-refractivity contribution < 1.29 is 4.79 Å². The third-order valence-electron chi connectivity index (χ3n) is 2.98. The van der Waals surface area contributed by atoms with Gasteiger partial charge in [-0.05, 0) is 26.0 Å². The van der Waals surface area contributed by atoms with E-state index in [2.05, 4.69) is 4.98 Å². The number of hydrogen-bond acceptors (Lipinski definition) is 2. The van der Waals surface area contributed by atoms with Gasteiger partial charge < -0.3 is 10.3 Å². The predicted octanol–water partition coefficient (Wildman–Crippen LogP) is 3.43. The molecule has 4 nitrogen and oxygen atoms in total. The molecule has 1 heterocycles. The van der Waals surface area contributed by atoms with Crippen LogP contribution >= 0.6 is 23.2 Å². The number of imidazole rings is 1. The van der Waals surface area contributed by atoms with Gasteiger partial charge in [0.2, 0.25) is 5.91 Å². The summed E-state index contributed by atoms with van der Waals surface area (Å²) in [6.45, 7) is 3.74. The first kappa shape index (κ1) is 14.2. The maximum Gasteiger partial charge on any atom is 0.219 e. The molecule has 0 aliphatic rings. The summed E-state index contributed by atoms with van der Waals surface area (Å²) < 4.78 is 1.90. The molecule has 1 aromatic heterocycles. The standard InChI is InChI=1S/C13H15Cl2N3O/c1-7(6-11(16)19)18-12-9(15)4-3-5-10(12)17-13(18)8(2)14/h3-5,7-8H,6H2,1-2H3,(H2,16,19). The Morgan fingerprint density at radius 1 is 1.47 bits per heavy atom. The summed E-state index contributed by atoms with van der Waals surface area (Å²) in [7, 11) is 0. The molecule has 6 heteroatoms. The van der Waals surface area contributed by atoms with Crippen molar-refractivity contribution in [3.05, 3.63) is 29.0 Å². The molecule has 0 saturated heterocycles. The monoisotopic (exact) mass is 299 g/mol. The average Bonchev–Trinajstić information content (AvgIpc) is 2.68. The Morgan fingerprint density at radius 3 is 2.74 bits per heavy atom. The Morgan fingerprint density at radius 2 is 2.16 bits per heavy atom. The van der Waals surface area contributed by atoms with Gasteiger partial charge in [-0.1, -0.05) is 17.7 Å². The smallest absolute Gasteiger partial charge is 0.219 e. The van der Waals surface area contributed by atoms with Crippen molar-refractivity contribution in [1.82, 2.24) is 9.55 Å². The molecule has 1 aromatic carbocycles. The molecular formula is C13H15Cl2N3O. The fourth-order valence-corrected chi connectivity index (χ4v) is 2.65. The molecule has 1 amide bonds. The summed E-state index contributed by atoms with van der Waals surface area (Å²) in [6.07, 6.45) is 0.216. The molecule has 0 bridgehead atoms. The van der Waals surface area contributed by atoms with Gasteiger partial charge >= 0.3 is 0 Å². The van der Waals surface area contributed by atoms with E-state index in [1.807, 2.05) is 30.5 Å². The van der Waals surface area contributed by atoms with Gasteiger partial charge in [0.25, 0.3) is 0 Å². The molecule has 0 aliphatic carbocycles. The van der Waals surface area contributed by atoms with Crippen LogP contribution in [0.2, 0.25) is 5.02 Å². The van der Waals surface area contributed by atoms with Gasteiger partial charge in [0.1, 0.15) is 5.82 Å². The highest BCUT2D eigenvalue weighted by atomic mass is 35.5. The van der Waals surface area contributed by atoms with Crippen molar-refractivity contribution in [2.24, 2.45) is 5.73 Å². The number of nitrogens with two attached hydrogens (primary N) is 1. The minimum atomic E-state index is -0.366. The molecule has 2 atom stereocenters. The average molecular weight is 300 g/mol. The summed E-state index contributed by atoms with van der Waals surface area (Å²) in [5, 5.41) is 0.309. The normalized spacial score (nSPS) is 14.5. The number of hydrogen-bond donors (Lipinski definition) is 1. The number of aromatic nitrogens is 2. The zero-order valence-electron chi connectivity index (χ0n) is 10.7.